The van der Waals surface area contributed by atoms with Gasteiger partial charge in [0.25, 0.3) is 5.56 Å². The standard InChI is InChI=1S/C23H21FN4O2S/c1-3-15-6-4-5-7-18(15)26-20(29)13-31-23-27-19-12-14(2)25-21(19)22(30)28(23)17-10-8-16(24)9-11-17/h4-12,25H,3,13H2,1-2H3,(H,26,29). The lowest BCUT2D eigenvalue weighted by Crippen LogP contribution is -2.23. The van der Waals surface area contributed by atoms with Crippen LogP contribution in [0.1, 0.15) is 18.2 Å². The third-order valence-corrected chi connectivity index (χ3v) is 5.78. The van der Waals surface area contributed by atoms with Gasteiger partial charge in [0.05, 0.1) is 17.0 Å². The van der Waals surface area contributed by atoms with E-state index in [-0.39, 0.29) is 17.2 Å². The number of anilines is 1. The zero-order valence-corrected chi connectivity index (χ0v) is 17.9. The average Bonchev–Trinajstić information content (AvgIpc) is 3.14. The molecule has 0 aliphatic heterocycles. The van der Waals surface area contributed by atoms with E-state index in [2.05, 4.69) is 15.3 Å². The van der Waals surface area contributed by atoms with Crippen LogP contribution < -0.4 is 10.9 Å². The second-order valence-corrected chi connectivity index (χ2v) is 8.01. The Morgan fingerprint density at radius 1 is 1.19 bits per heavy atom. The zero-order valence-electron chi connectivity index (χ0n) is 17.1. The van der Waals surface area contributed by atoms with E-state index in [4.69, 9.17) is 0 Å². The van der Waals surface area contributed by atoms with E-state index in [1.807, 2.05) is 38.1 Å². The Kier molecular flexibility index (Phi) is 5.90. The van der Waals surface area contributed by atoms with E-state index < -0.39 is 5.82 Å². The monoisotopic (exact) mass is 436 g/mol. The topological polar surface area (TPSA) is 79.8 Å². The number of hydrogen-bond acceptors (Lipinski definition) is 4. The number of para-hydroxylation sites is 1. The summed E-state index contributed by atoms with van der Waals surface area (Å²) >= 11 is 1.16. The van der Waals surface area contributed by atoms with Crippen molar-refractivity contribution in [1.29, 1.82) is 0 Å². The predicted octanol–water partition coefficient (Wildman–Crippen LogP) is 4.45. The number of amides is 1. The highest BCUT2D eigenvalue weighted by Crippen LogP contribution is 2.23. The van der Waals surface area contributed by atoms with Gasteiger partial charge in [-0.25, -0.2) is 9.37 Å². The van der Waals surface area contributed by atoms with Crippen molar-refractivity contribution in [2.75, 3.05) is 11.1 Å². The van der Waals surface area contributed by atoms with E-state index in [0.717, 1.165) is 35.1 Å². The SMILES string of the molecule is CCc1ccccc1NC(=O)CSc1nc2cc(C)[nH]c2c(=O)n1-c1ccc(F)cc1. The maximum Gasteiger partial charge on any atom is 0.283 e. The summed E-state index contributed by atoms with van der Waals surface area (Å²) in [6, 6.07) is 15.0. The first kappa shape index (κ1) is 20.9. The third kappa shape index (κ3) is 4.39. The molecule has 6 nitrogen and oxygen atoms in total. The van der Waals surface area contributed by atoms with Crippen molar-refractivity contribution in [1.82, 2.24) is 14.5 Å². The van der Waals surface area contributed by atoms with Crippen LogP contribution in [0.5, 0.6) is 0 Å². The molecule has 0 atom stereocenters. The lowest BCUT2D eigenvalue weighted by molar-refractivity contribution is -0.113. The van der Waals surface area contributed by atoms with E-state index in [9.17, 15) is 14.0 Å². The number of carbonyl (C=O) groups is 1. The highest BCUT2D eigenvalue weighted by Gasteiger charge is 2.17. The molecule has 0 saturated heterocycles. The van der Waals surface area contributed by atoms with Crippen LogP contribution in [0.15, 0.2) is 64.5 Å². The number of carbonyl (C=O) groups excluding carboxylic acids is 1. The molecule has 0 aliphatic carbocycles. The summed E-state index contributed by atoms with van der Waals surface area (Å²) < 4.78 is 14.8. The first-order chi connectivity index (χ1) is 15.0. The van der Waals surface area contributed by atoms with Gasteiger partial charge in [-0.1, -0.05) is 36.9 Å². The largest absolute Gasteiger partial charge is 0.353 e. The number of thioether (sulfide) groups is 1. The Bertz CT molecular complexity index is 1310. The van der Waals surface area contributed by atoms with E-state index in [1.54, 1.807) is 6.07 Å². The molecule has 0 fully saturated rings. The third-order valence-electron chi connectivity index (χ3n) is 4.85. The minimum atomic E-state index is -0.398. The molecule has 0 unspecified atom stereocenters. The molecule has 2 aromatic carbocycles. The maximum absolute atomic E-state index is 13.4. The van der Waals surface area contributed by atoms with E-state index in [0.29, 0.717) is 21.9 Å². The molecule has 8 heteroatoms. The summed E-state index contributed by atoms with van der Waals surface area (Å²) in [6.45, 7) is 3.87. The number of nitrogens with one attached hydrogen (secondary N) is 2. The Morgan fingerprint density at radius 2 is 1.94 bits per heavy atom. The van der Waals surface area contributed by atoms with E-state index in [1.165, 1.54) is 28.8 Å². The van der Waals surface area contributed by atoms with Crippen molar-refractivity contribution < 1.29 is 9.18 Å². The number of aromatic amines is 1. The number of benzene rings is 2. The smallest absolute Gasteiger partial charge is 0.283 e. The zero-order chi connectivity index (χ0) is 22.0. The van der Waals surface area contributed by atoms with Crippen molar-refractivity contribution in [3.05, 3.63) is 82.0 Å². The van der Waals surface area contributed by atoms with Gasteiger partial charge in [-0.2, -0.15) is 0 Å². The van der Waals surface area contributed by atoms with Crippen molar-refractivity contribution in [2.24, 2.45) is 0 Å². The van der Waals surface area contributed by atoms with Gasteiger partial charge < -0.3 is 10.3 Å². The Hall–Kier alpha value is -3.39. The van der Waals surface area contributed by atoms with Crippen LogP contribution in [0.2, 0.25) is 0 Å². The highest BCUT2D eigenvalue weighted by atomic mass is 32.2. The molecule has 2 heterocycles. The minimum Gasteiger partial charge on any atom is -0.353 e. The lowest BCUT2D eigenvalue weighted by Gasteiger charge is -2.13. The summed E-state index contributed by atoms with van der Waals surface area (Å²) in [7, 11) is 0. The fraction of sp³-hybridized carbons (Fsp3) is 0.174. The summed E-state index contributed by atoms with van der Waals surface area (Å²) in [5.74, 6) is -0.526. The van der Waals surface area contributed by atoms with Gasteiger partial charge in [-0.15, -0.1) is 0 Å². The van der Waals surface area contributed by atoms with Gasteiger partial charge >= 0.3 is 0 Å². The molecule has 0 saturated carbocycles. The number of aromatic nitrogens is 3. The molecule has 31 heavy (non-hydrogen) atoms. The number of rotatable bonds is 6. The Labute approximate surface area is 182 Å². The number of halogens is 1. The van der Waals surface area contributed by atoms with Gasteiger partial charge in [0, 0.05) is 11.4 Å². The summed E-state index contributed by atoms with van der Waals surface area (Å²) in [5, 5.41) is 3.29. The summed E-state index contributed by atoms with van der Waals surface area (Å²) in [4.78, 5) is 33.4. The summed E-state index contributed by atoms with van der Waals surface area (Å²) in [5.41, 5.74) is 3.70. The van der Waals surface area contributed by atoms with Crippen molar-refractivity contribution >= 4 is 34.4 Å². The second-order valence-electron chi connectivity index (χ2n) is 7.07. The number of fused-ring (bicyclic) bond motifs is 1. The first-order valence-electron chi connectivity index (χ1n) is 9.85. The molecule has 1 amide bonds. The van der Waals surface area contributed by atoms with Gasteiger partial charge in [0.1, 0.15) is 11.3 Å². The Morgan fingerprint density at radius 3 is 2.68 bits per heavy atom. The molecule has 0 aliphatic rings. The number of aryl methyl sites for hydroxylation is 2. The quantitative estimate of drug-likeness (QED) is 0.346. The first-order valence-corrected chi connectivity index (χ1v) is 10.8. The number of hydrogen-bond donors (Lipinski definition) is 2. The van der Waals surface area contributed by atoms with Crippen LogP contribution in [0.3, 0.4) is 0 Å². The van der Waals surface area contributed by atoms with E-state index >= 15 is 0 Å². The van der Waals surface area contributed by atoms with Crippen LogP contribution in [0.4, 0.5) is 10.1 Å². The lowest BCUT2D eigenvalue weighted by atomic mass is 10.1. The van der Waals surface area contributed by atoms with Crippen LogP contribution in [0, 0.1) is 12.7 Å². The molecule has 4 aromatic rings. The Balaban J connectivity index is 1.66. The summed E-state index contributed by atoms with van der Waals surface area (Å²) in [6.07, 6.45) is 0.804. The predicted molar refractivity (Wildman–Crippen MR) is 122 cm³/mol. The van der Waals surface area contributed by atoms with Crippen molar-refractivity contribution in [3.8, 4) is 5.69 Å². The molecule has 2 aromatic heterocycles. The maximum atomic E-state index is 13.4. The van der Waals surface area contributed by atoms with Gasteiger partial charge in [-0.05, 0) is 55.3 Å². The number of nitrogens with zero attached hydrogens (tertiary/aromatic N) is 2. The molecule has 158 valence electrons. The molecular formula is C23H21FN4O2S. The van der Waals surface area contributed by atoms with Crippen molar-refractivity contribution in [2.45, 2.75) is 25.4 Å². The van der Waals surface area contributed by atoms with Crippen LogP contribution in [-0.2, 0) is 11.2 Å². The van der Waals surface area contributed by atoms with Gasteiger partial charge in [0.15, 0.2) is 5.16 Å². The van der Waals surface area contributed by atoms with Gasteiger partial charge in [-0.3, -0.25) is 14.2 Å². The fourth-order valence-electron chi connectivity index (χ4n) is 3.36. The average molecular weight is 437 g/mol. The molecule has 4 rings (SSSR count). The molecule has 0 radical (unpaired) electrons. The molecule has 0 spiro atoms. The van der Waals surface area contributed by atoms with Crippen LogP contribution in [0.25, 0.3) is 16.7 Å². The molecular weight excluding hydrogens is 415 g/mol. The fourth-order valence-corrected chi connectivity index (χ4v) is 4.17. The highest BCUT2D eigenvalue weighted by molar-refractivity contribution is 7.99. The minimum absolute atomic E-state index is 0.0700. The number of H-pyrrole nitrogens is 1. The van der Waals surface area contributed by atoms with Gasteiger partial charge in [0.2, 0.25) is 5.91 Å². The second kappa shape index (κ2) is 8.77. The van der Waals surface area contributed by atoms with Crippen molar-refractivity contribution in [3.63, 3.8) is 0 Å². The van der Waals surface area contributed by atoms with Crippen LogP contribution in [-0.4, -0.2) is 26.2 Å². The normalized spacial score (nSPS) is 11.1. The molecule has 2 N–H and O–H groups in total. The van der Waals surface area contributed by atoms with Crippen LogP contribution >= 0.6 is 11.8 Å². The molecule has 0 bridgehead atoms.